The van der Waals surface area contributed by atoms with Gasteiger partial charge in [0.15, 0.2) is 0 Å². The van der Waals surface area contributed by atoms with Gasteiger partial charge in [0.1, 0.15) is 0 Å². The van der Waals surface area contributed by atoms with E-state index >= 15 is 0 Å². The fourth-order valence-corrected chi connectivity index (χ4v) is 2.95. The Morgan fingerprint density at radius 2 is 2.33 bits per heavy atom. The molecule has 1 aliphatic heterocycles. The Bertz CT molecular complexity index is 374. The number of hydrogen-bond donors (Lipinski definition) is 2. The molecular formula is C13H21ClN2OS. The number of carbonyl (C=O) groups is 1. The Morgan fingerprint density at radius 1 is 1.56 bits per heavy atom. The van der Waals surface area contributed by atoms with E-state index in [9.17, 15) is 4.79 Å². The number of rotatable bonds is 3. The fourth-order valence-electron chi connectivity index (χ4n) is 2.21. The summed E-state index contributed by atoms with van der Waals surface area (Å²) in [5, 5.41) is 8.48. The Kier molecular flexibility index (Phi) is 5.63. The van der Waals surface area contributed by atoms with Gasteiger partial charge in [-0.05, 0) is 51.1 Å². The second-order valence-corrected chi connectivity index (χ2v) is 5.91. The number of nitrogens with one attached hydrogen (secondary N) is 2. The molecule has 18 heavy (non-hydrogen) atoms. The molecule has 1 saturated heterocycles. The topological polar surface area (TPSA) is 41.1 Å². The zero-order valence-corrected chi connectivity index (χ0v) is 12.5. The SMILES string of the molecule is CC(NC(=O)C1(C)CCCCN1)c1cccs1.Cl. The maximum absolute atomic E-state index is 12.3. The van der Waals surface area contributed by atoms with Gasteiger partial charge in [-0.15, -0.1) is 23.7 Å². The van der Waals surface area contributed by atoms with E-state index < -0.39 is 0 Å². The van der Waals surface area contributed by atoms with Crippen molar-refractivity contribution in [3.63, 3.8) is 0 Å². The Morgan fingerprint density at radius 3 is 2.89 bits per heavy atom. The Balaban J connectivity index is 0.00000162. The quantitative estimate of drug-likeness (QED) is 0.898. The van der Waals surface area contributed by atoms with Crippen LogP contribution in [0.5, 0.6) is 0 Å². The summed E-state index contributed by atoms with van der Waals surface area (Å²) in [4.78, 5) is 13.5. The van der Waals surface area contributed by atoms with Crippen LogP contribution in [0.3, 0.4) is 0 Å². The number of hydrogen-bond acceptors (Lipinski definition) is 3. The first-order chi connectivity index (χ1) is 8.12. The van der Waals surface area contributed by atoms with Gasteiger partial charge in [0.05, 0.1) is 11.6 Å². The highest BCUT2D eigenvalue weighted by molar-refractivity contribution is 7.10. The van der Waals surface area contributed by atoms with Crippen molar-refractivity contribution >= 4 is 29.7 Å². The van der Waals surface area contributed by atoms with Crippen LogP contribution in [-0.2, 0) is 4.79 Å². The highest BCUT2D eigenvalue weighted by Crippen LogP contribution is 2.22. The molecule has 0 spiro atoms. The predicted molar refractivity (Wildman–Crippen MR) is 78.4 cm³/mol. The molecule has 1 aromatic rings. The Labute approximate surface area is 119 Å². The van der Waals surface area contributed by atoms with Crippen LogP contribution in [0.4, 0.5) is 0 Å². The first kappa shape index (κ1) is 15.5. The molecular weight excluding hydrogens is 268 g/mol. The lowest BCUT2D eigenvalue weighted by atomic mass is 9.90. The smallest absolute Gasteiger partial charge is 0.240 e. The van der Waals surface area contributed by atoms with Gasteiger partial charge in [-0.2, -0.15) is 0 Å². The van der Waals surface area contributed by atoms with Crippen molar-refractivity contribution in [2.45, 2.75) is 44.7 Å². The lowest BCUT2D eigenvalue weighted by Gasteiger charge is -2.34. The van der Waals surface area contributed by atoms with Crippen LogP contribution in [0.2, 0.25) is 0 Å². The summed E-state index contributed by atoms with van der Waals surface area (Å²) in [6.45, 7) is 4.98. The van der Waals surface area contributed by atoms with Crippen LogP contribution in [0.25, 0.3) is 0 Å². The minimum Gasteiger partial charge on any atom is -0.347 e. The van der Waals surface area contributed by atoms with Crippen molar-refractivity contribution < 1.29 is 4.79 Å². The van der Waals surface area contributed by atoms with E-state index in [4.69, 9.17) is 0 Å². The molecule has 1 aromatic heterocycles. The van der Waals surface area contributed by atoms with Crippen LogP contribution in [0, 0.1) is 0 Å². The number of piperidine rings is 1. The van der Waals surface area contributed by atoms with Crippen molar-refractivity contribution in [3.05, 3.63) is 22.4 Å². The van der Waals surface area contributed by atoms with E-state index in [0.717, 1.165) is 19.4 Å². The van der Waals surface area contributed by atoms with Crippen molar-refractivity contribution in [1.82, 2.24) is 10.6 Å². The molecule has 5 heteroatoms. The first-order valence-electron chi connectivity index (χ1n) is 6.21. The zero-order valence-electron chi connectivity index (χ0n) is 10.9. The number of thiophene rings is 1. The van der Waals surface area contributed by atoms with Gasteiger partial charge in [-0.1, -0.05) is 6.07 Å². The fraction of sp³-hybridized carbons (Fsp3) is 0.615. The summed E-state index contributed by atoms with van der Waals surface area (Å²) in [7, 11) is 0. The standard InChI is InChI=1S/C13H20N2OS.ClH/c1-10(11-6-5-9-17-11)15-12(16)13(2)7-3-4-8-14-13;/h5-6,9-10,14H,3-4,7-8H2,1-2H3,(H,15,16);1H. The minimum absolute atomic E-state index is 0. The van der Waals surface area contributed by atoms with Crippen molar-refractivity contribution in [2.24, 2.45) is 0 Å². The largest absolute Gasteiger partial charge is 0.347 e. The molecule has 102 valence electrons. The number of carbonyl (C=O) groups excluding carboxylic acids is 1. The van der Waals surface area contributed by atoms with Gasteiger partial charge >= 0.3 is 0 Å². The zero-order chi connectivity index (χ0) is 12.3. The minimum atomic E-state index is -0.385. The molecule has 3 nitrogen and oxygen atoms in total. The lowest BCUT2D eigenvalue weighted by molar-refractivity contribution is -0.128. The van der Waals surface area contributed by atoms with Gasteiger partial charge in [0.2, 0.25) is 5.91 Å². The van der Waals surface area contributed by atoms with Crippen molar-refractivity contribution in [1.29, 1.82) is 0 Å². The number of amides is 1. The van der Waals surface area contributed by atoms with E-state index in [0.29, 0.717) is 0 Å². The Hall–Kier alpha value is -0.580. The summed E-state index contributed by atoms with van der Waals surface area (Å²) in [6, 6.07) is 4.18. The van der Waals surface area contributed by atoms with E-state index in [1.165, 1.54) is 11.3 Å². The molecule has 1 fully saturated rings. The molecule has 2 rings (SSSR count). The van der Waals surface area contributed by atoms with E-state index in [-0.39, 0.29) is 29.9 Å². The van der Waals surface area contributed by atoms with Gasteiger partial charge in [0.25, 0.3) is 0 Å². The van der Waals surface area contributed by atoms with Crippen LogP contribution >= 0.6 is 23.7 Å². The maximum atomic E-state index is 12.3. The highest BCUT2D eigenvalue weighted by Gasteiger charge is 2.34. The second kappa shape index (κ2) is 6.55. The number of halogens is 1. The summed E-state index contributed by atoms with van der Waals surface area (Å²) < 4.78 is 0. The highest BCUT2D eigenvalue weighted by atomic mass is 35.5. The summed E-state index contributed by atoms with van der Waals surface area (Å²) >= 11 is 1.68. The summed E-state index contributed by atoms with van der Waals surface area (Å²) in [5.41, 5.74) is -0.385. The normalized spacial score (nSPS) is 25.0. The average molecular weight is 289 g/mol. The lowest BCUT2D eigenvalue weighted by Crippen LogP contribution is -2.57. The molecule has 0 saturated carbocycles. The molecule has 1 amide bonds. The molecule has 2 atom stereocenters. The third-order valence-electron chi connectivity index (χ3n) is 3.44. The second-order valence-electron chi connectivity index (χ2n) is 4.93. The summed E-state index contributed by atoms with van der Waals surface area (Å²) in [6.07, 6.45) is 3.23. The molecule has 0 bridgehead atoms. The van der Waals surface area contributed by atoms with Crippen LogP contribution < -0.4 is 10.6 Å². The summed E-state index contributed by atoms with van der Waals surface area (Å²) in [5.74, 6) is 0.123. The molecule has 0 aliphatic carbocycles. The van der Waals surface area contributed by atoms with E-state index in [2.05, 4.69) is 16.7 Å². The molecule has 1 aliphatic rings. The maximum Gasteiger partial charge on any atom is 0.240 e. The molecule has 0 radical (unpaired) electrons. The van der Waals surface area contributed by atoms with Crippen LogP contribution in [0.15, 0.2) is 17.5 Å². The molecule has 2 heterocycles. The molecule has 2 N–H and O–H groups in total. The monoisotopic (exact) mass is 288 g/mol. The molecule has 2 unspecified atom stereocenters. The van der Waals surface area contributed by atoms with E-state index in [1.54, 1.807) is 11.3 Å². The first-order valence-corrected chi connectivity index (χ1v) is 7.09. The van der Waals surface area contributed by atoms with Gasteiger partial charge in [-0.3, -0.25) is 4.79 Å². The van der Waals surface area contributed by atoms with Crippen LogP contribution in [-0.4, -0.2) is 18.0 Å². The van der Waals surface area contributed by atoms with E-state index in [1.807, 2.05) is 25.3 Å². The van der Waals surface area contributed by atoms with Gasteiger partial charge < -0.3 is 10.6 Å². The predicted octanol–water partition coefficient (Wildman–Crippen LogP) is 2.88. The third-order valence-corrected chi connectivity index (χ3v) is 4.49. The van der Waals surface area contributed by atoms with Gasteiger partial charge in [0, 0.05) is 4.88 Å². The third kappa shape index (κ3) is 3.46. The van der Waals surface area contributed by atoms with Gasteiger partial charge in [-0.25, -0.2) is 0 Å². The van der Waals surface area contributed by atoms with Crippen molar-refractivity contribution in [2.75, 3.05) is 6.54 Å². The van der Waals surface area contributed by atoms with Crippen molar-refractivity contribution in [3.8, 4) is 0 Å². The average Bonchev–Trinajstić information content (AvgIpc) is 2.83. The van der Waals surface area contributed by atoms with Crippen LogP contribution in [0.1, 0.15) is 44.0 Å². The molecule has 0 aromatic carbocycles.